The van der Waals surface area contributed by atoms with Crippen molar-refractivity contribution in [3.63, 3.8) is 0 Å². The molecule has 15 heteroatoms. The number of halogens is 4. The summed E-state index contributed by atoms with van der Waals surface area (Å²) < 4.78 is 39.2. The number of aromatic nitrogens is 4. The maximum atomic E-state index is 13.1. The Balaban J connectivity index is 1.38. The van der Waals surface area contributed by atoms with Gasteiger partial charge in [0, 0.05) is 38.4 Å². The van der Waals surface area contributed by atoms with E-state index >= 15 is 0 Å². The van der Waals surface area contributed by atoms with Gasteiger partial charge in [0.2, 0.25) is 0 Å². The third kappa shape index (κ3) is 6.55. The van der Waals surface area contributed by atoms with Gasteiger partial charge in [-0.15, -0.1) is 11.3 Å². The van der Waals surface area contributed by atoms with Gasteiger partial charge in [0.15, 0.2) is 0 Å². The molecule has 0 aliphatic carbocycles. The lowest BCUT2D eigenvalue weighted by Crippen LogP contribution is -2.46. The lowest BCUT2D eigenvalue weighted by atomic mass is 10.2. The molecular weight excluding hydrogens is 545 g/mol. The van der Waals surface area contributed by atoms with Gasteiger partial charge < -0.3 is 20.4 Å². The van der Waals surface area contributed by atoms with E-state index in [1.54, 1.807) is 13.0 Å². The highest BCUT2D eigenvalue weighted by Crippen LogP contribution is 2.35. The number of pyridine rings is 1. The van der Waals surface area contributed by atoms with Gasteiger partial charge in [-0.2, -0.15) is 13.2 Å². The molecule has 0 bridgehead atoms. The Kier molecular flexibility index (Phi) is 8.43. The predicted molar refractivity (Wildman–Crippen MR) is 137 cm³/mol. The molecule has 1 aliphatic heterocycles. The summed E-state index contributed by atoms with van der Waals surface area (Å²) in [5.41, 5.74) is -0.912. The van der Waals surface area contributed by atoms with Gasteiger partial charge in [-0.05, 0) is 19.5 Å². The van der Waals surface area contributed by atoms with Crippen LogP contribution in [0.25, 0.3) is 0 Å². The third-order valence-corrected chi connectivity index (χ3v) is 7.38. The molecule has 3 aromatic heterocycles. The number of carbonyl (C=O) groups excluding carboxylic acids is 2. The molecule has 202 valence electrons. The SMILES string of the molecule is CCN1CCN(c2cc(C(=O)NC(C)c3ncc(C(=O)Nc4cc(C(F)(F)F)c(Cl)cn4)s3)ncn2)CC1. The van der Waals surface area contributed by atoms with Crippen LogP contribution in [0.1, 0.15) is 50.6 Å². The first-order valence-corrected chi connectivity index (χ1v) is 12.8. The zero-order valence-corrected chi connectivity index (χ0v) is 22.0. The van der Waals surface area contributed by atoms with Gasteiger partial charge in [-0.25, -0.2) is 19.9 Å². The molecule has 0 saturated carbocycles. The Bertz CT molecular complexity index is 1310. The zero-order valence-electron chi connectivity index (χ0n) is 20.4. The molecule has 4 heterocycles. The number of hydrogen-bond donors (Lipinski definition) is 2. The third-order valence-electron chi connectivity index (χ3n) is 5.90. The number of amides is 2. The van der Waals surface area contributed by atoms with Crippen molar-refractivity contribution in [2.24, 2.45) is 0 Å². The summed E-state index contributed by atoms with van der Waals surface area (Å²) in [7, 11) is 0. The van der Waals surface area contributed by atoms with Crippen LogP contribution >= 0.6 is 22.9 Å². The molecule has 0 aromatic carbocycles. The quantitative estimate of drug-likeness (QED) is 0.441. The Morgan fingerprint density at radius 3 is 2.50 bits per heavy atom. The smallest absolute Gasteiger partial charge is 0.354 e. The summed E-state index contributed by atoms with van der Waals surface area (Å²) in [5, 5.41) is 4.96. The highest BCUT2D eigenvalue weighted by molar-refractivity contribution is 7.13. The molecule has 1 fully saturated rings. The number of alkyl halides is 3. The number of anilines is 2. The summed E-state index contributed by atoms with van der Waals surface area (Å²) in [6.07, 6.45) is -1.25. The van der Waals surface area contributed by atoms with E-state index in [4.69, 9.17) is 11.6 Å². The van der Waals surface area contributed by atoms with Gasteiger partial charge in [0.1, 0.15) is 33.5 Å². The van der Waals surface area contributed by atoms with Gasteiger partial charge in [-0.1, -0.05) is 18.5 Å². The van der Waals surface area contributed by atoms with Crippen molar-refractivity contribution in [2.75, 3.05) is 42.9 Å². The molecule has 1 saturated heterocycles. The molecule has 0 radical (unpaired) electrons. The number of carbonyl (C=O) groups is 2. The van der Waals surface area contributed by atoms with Crippen molar-refractivity contribution < 1.29 is 22.8 Å². The fraction of sp³-hybridized carbons (Fsp3) is 0.391. The van der Waals surface area contributed by atoms with Crippen LogP contribution in [-0.4, -0.2) is 69.4 Å². The van der Waals surface area contributed by atoms with Crippen molar-refractivity contribution in [1.82, 2.24) is 30.2 Å². The van der Waals surface area contributed by atoms with E-state index in [1.165, 1.54) is 12.5 Å². The Labute approximate surface area is 225 Å². The van der Waals surface area contributed by atoms with Crippen LogP contribution in [0.4, 0.5) is 24.8 Å². The highest BCUT2D eigenvalue weighted by Gasteiger charge is 2.34. The fourth-order valence-electron chi connectivity index (χ4n) is 3.76. The normalized spacial score (nSPS) is 15.3. The summed E-state index contributed by atoms with van der Waals surface area (Å²) in [6, 6.07) is 1.73. The van der Waals surface area contributed by atoms with Crippen molar-refractivity contribution in [2.45, 2.75) is 26.1 Å². The summed E-state index contributed by atoms with van der Waals surface area (Å²) >= 11 is 6.55. The molecular formula is C23H24ClF3N8O2S. The van der Waals surface area contributed by atoms with Crippen LogP contribution in [0, 0.1) is 0 Å². The molecule has 2 N–H and O–H groups in total. The molecule has 3 aromatic rings. The molecule has 10 nitrogen and oxygen atoms in total. The highest BCUT2D eigenvalue weighted by atomic mass is 35.5. The number of likely N-dealkylation sites (N-methyl/N-ethyl adjacent to an activating group) is 1. The standard InChI is InChI=1S/C23H24ClF3N8O2S/c1-3-34-4-6-35(7-5-34)19-9-16(30-12-31-19)20(36)32-13(2)22-29-11-17(38-22)21(37)33-18-8-14(23(25,26)27)15(24)10-28-18/h8-13H,3-7H2,1-2H3,(H,32,36)(H,28,33,37). The molecule has 1 aliphatic rings. The monoisotopic (exact) mass is 568 g/mol. The van der Waals surface area contributed by atoms with Crippen LogP contribution in [0.3, 0.4) is 0 Å². The van der Waals surface area contributed by atoms with Gasteiger partial charge in [-0.3, -0.25) is 9.59 Å². The number of nitrogens with zero attached hydrogens (tertiary/aromatic N) is 6. The van der Waals surface area contributed by atoms with Crippen molar-refractivity contribution in [3.8, 4) is 0 Å². The maximum absolute atomic E-state index is 13.1. The van der Waals surface area contributed by atoms with Crippen LogP contribution in [0.2, 0.25) is 5.02 Å². The second kappa shape index (κ2) is 11.6. The molecule has 0 spiro atoms. The number of piperazine rings is 1. The van der Waals surface area contributed by atoms with Crippen LogP contribution < -0.4 is 15.5 Å². The summed E-state index contributed by atoms with van der Waals surface area (Å²) in [5.74, 6) is -0.761. The first-order chi connectivity index (χ1) is 18.0. The van der Waals surface area contributed by atoms with E-state index < -0.39 is 34.6 Å². The zero-order chi connectivity index (χ0) is 27.4. The first kappa shape index (κ1) is 27.7. The Morgan fingerprint density at radius 2 is 1.82 bits per heavy atom. The largest absolute Gasteiger partial charge is 0.418 e. The minimum Gasteiger partial charge on any atom is -0.354 e. The number of hydrogen-bond acceptors (Lipinski definition) is 9. The summed E-state index contributed by atoms with van der Waals surface area (Å²) in [4.78, 5) is 46.3. The van der Waals surface area contributed by atoms with E-state index in [2.05, 4.69) is 47.3 Å². The molecule has 4 rings (SSSR count). The van der Waals surface area contributed by atoms with Crippen molar-refractivity contribution in [3.05, 3.63) is 57.0 Å². The Hall–Kier alpha value is -3.36. The van der Waals surface area contributed by atoms with E-state index in [-0.39, 0.29) is 16.4 Å². The number of nitrogens with one attached hydrogen (secondary N) is 2. The molecule has 2 amide bonds. The predicted octanol–water partition coefficient (Wildman–Crippen LogP) is 3.89. The van der Waals surface area contributed by atoms with Crippen molar-refractivity contribution in [1.29, 1.82) is 0 Å². The molecule has 38 heavy (non-hydrogen) atoms. The molecule has 1 atom stereocenters. The van der Waals surface area contributed by atoms with Crippen molar-refractivity contribution >= 4 is 46.4 Å². The average Bonchev–Trinajstić information content (AvgIpc) is 3.40. The van der Waals surface area contributed by atoms with Crippen LogP contribution in [0.15, 0.2) is 30.9 Å². The van der Waals surface area contributed by atoms with Gasteiger partial charge >= 0.3 is 6.18 Å². The van der Waals surface area contributed by atoms with Crippen LogP contribution in [0.5, 0.6) is 0 Å². The van der Waals surface area contributed by atoms with Crippen LogP contribution in [-0.2, 0) is 6.18 Å². The second-order valence-electron chi connectivity index (χ2n) is 8.44. The lowest BCUT2D eigenvalue weighted by Gasteiger charge is -2.34. The Morgan fingerprint density at radius 1 is 1.08 bits per heavy atom. The average molecular weight is 569 g/mol. The maximum Gasteiger partial charge on any atom is 0.418 e. The van der Waals surface area contributed by atoms with E-state index in [0.717, 1.165) is 50.3 Å². The van der Waals surface area contributed by atoms with Gasteiger partial charge in [0.25, 0.3) is 11.8 Å². The minimum atomic E-state index is -4.70. The number of thiazole rings is 1. The van der Waals surface area contributed by atoms with Gasteiger partial charge in [0.05, 0.1) is 22.8 Å². The second-order valence-corrected chi connectivity index (χ2v) is 9.91. The van der Waals surface area contributed by atoms with E-state index in [0.29, 0.717) is 16.9 Å². The van der Waals surface area contributed by atoms with E-state index in [9.17, 15) is 22.8 Å². The fourth-order valence-corrected chi connectivity index (χ4v) is 4.79. The summed E-state index contributed by atoms with van der Waals surface area (Å²) in [6.45, 7) is 8.23. The first-order valence-electron chi connectivity index (χ1n) is 11.6. The minimum absolute atomic E-state index is 0.127. The number of rotatable bonds is 7. The lowest BCUT2D eigenvalue weighted by molar-refractivity contribution is -0.137. The van der Waals surface area contributed by atoms with E-state index in [1.807, 2.05) is 0 Å². The molecule has 1 unspecified atom stereocenters. The topological polar surface area (TPSA) is 116 Å².